The number of hydrogen-bond acceptors (Lipinski definition) is 5. The summed E-state index contributed by atoms with van der Waals surface area (Å²) in [6.45, 7) is 7.73. The summed E-state index contributed by atoms with van der Waals surface area (Å²) in [5.41, 5.74) is -0.847. The first-order valence-corrected chi connectivity index (χ1v) is 10.7. The lowest BCUT2D eigenvalue weighted by Gasteiger charge is -2.34. The number of thiazole rings is 1. The Balaban J connectivity index is 0.00000300. The van der Waals surface area contributed by atoms with E-state index < -0.39 is 11.9 Å². The molecule has 3 rings (SSSR count). The van der Waals surface area contributed by atoms with Crippen LogP contribution in [-0.2, 0) is 17.5 Å². The molecule has 0 bridgehead atoms. The average molecular weight is 547 g/mol. The van der Waals surface area contributed by atoms with Crippen molar-refractivity contribution in [3.8, 4) is 0 Å². The van der Waals surface area contributed by atoms with Crippen molar-refractivity contribution in [2.24, 2.45) is 10.9 Å². The summed E-state index contributed by atoms with van der Waals surface area (Å²) in [5, 5.41) is 7.99. The molecular formula is C18H29F3IN5OS. The monoisotopic (exact) mass is 547 g/mol. The number of ether oxygens (including phenoxy) is 1. The number of aromatic nitrogens is 1. The van der Waals surface area contributed by atoms with Gasteiger partial charge in [0.05, 0.1) is 13.2 Å². The fraction of sp³-hybridized carbons (Fsp3) is 0.778. The van der Waals surface area contributed by atoms with Crippen molar-refractivity contribution in [2.45, 2.75) is 44.9 Å². The Morgan fingerprint density at radius 1 is 1.34 bits per heavy atom. The number of guanidine groups is 1. The van der Waals surface area contributed by atoms with Gasteiger partial charge in [-0.1, -0.05) is 0 Å². The van der Waals surface area contributed by atoms with Crippen molar-refractivity contribution in [1.82, 2.24) is 20.5 Å². The third kappa shape index (κ3) is 7.83. The molecule has 2 aliphatic heterocycles. The molecule has 1 atom stereocenters. The van der Waals surface area contributed by atoms with E-state index in [2.05, 4.69) is 25.5 Å². The predicted octanol–water partition coefficient (Wildman–Crippen LogP) is 3.34. The molecule has 29 heavy (non-hydrogen) atoms. The molecule has 11 heteroatoms. The first kappa shape index (κ1) is 24.6. The summed E-state index contributed by atoms with van der Waals surface area (Å²) >= 11 is 0.987. The number of piperidine rings is 1. The molecule has 2 fully saturated rings. The largest absolute Gasteiger partial charge is 0.434 e. The summed E-state index contributed by atoms with van der Waals surface area (Å²) in [7, 11) is 0. The minimum atomic E-state index is -4.40. The lowest BCUT2D eigenvalue weighted by atomic mass is 10.0. The zero-order chi connectivity index (χ0) is 20.0. The van der Waals surface area contributed by atoms with Gasteiger partial charge >= 0.3 is 6.18 Å². The van der Waals surface area contributed by atoms with Gasteiger partial charge < -0.3 is 20.3 Å². The predicted molar refractivity (Wildman–Crippen MR) is 119 cm³/mol. The van der Waals surface area contributed by atoms with Gasteiger partial charge in [-0.3, -0.25) is 0 Å². The Hall–Kier alpha value is -0.660. The minimum Gasteiger partial charge on any atom is -0.381 e. The molecular weight excluding hydrogens is 518 g/mol. The van der Waals surface area contributed by atoms with Crippen molar-refractivity contribution in [1.29, 1.82) is 0 Å². The van der Waals surface area contributed by atoms with Crippen LogP contribution in [0.3, 0.4) is 0 Å². The van der Waals surface area contributed by atoms with E-state index in [-0.39, 0.29) is 30.5 Å². The fourth-order valence-electron chi connectivity index (χ4n) is 3.53. The van der Waals surface area contributed by atoms with Crippen LogP contribution in [0.4, 0.5) is 13.2 Å². The second kappa shape index (κ2) is 11.7. The number of nitrogens with zero attached hydrogens (tertiary/aromatic N) is 3. The van der Waals surface area contributed by atoms with Gasteiger partial charge in [0.15, 0.2) is 11.7 Å². The number of rotatable bonds is 6. The number of aliphatic imine (C=N–C) groups is 1. The van der Waals surface area contributed by atoms with Gasteiger partial charge in [-0.15, -0.1) is 35.3 Å². The maximum Gasteiger partial charge on any atom is 0.434 e. The van der Waals surface area contributed by atoms with E-state index in [4.69, 9.17) is 4.74 Å². The van der Waals surface area contributed by atoms with Gasteiger partial charge in [-0.2, -0.15) is 13.2 Å². The Morgan fingerprint density at radius 2 is 2.10 bits per heavy atom. The van der Waals surface area contributed by atoms with Crippen molar-refractivity contribution >= 4 is 41.3 Å². The molecule has 0 spiro atoms. The van der Waals surface area contributed by atoms with Gasteiger partial charge in [-0.05, 0) is 32.1 Å². The van der Waals surface area contributed by atoms with Crippen molar-refractivity contribution in [2.75, 3.05) is 39.4 Å². The Morgan fingerprint density at radius 3 is 2.69 bits per heavy atom. The molecule has 1 unspecified atom stereocenters. The van der Waals surface area contributed by atoms with E-state index >= 15 is 0 Å². The van der Waals surface area contributed by atoms with Crippen LogP contribution in [0.15, 0.2) is 10.4 Å². The standard InChI is InChI=1S/C18H28F3N5OS.HI/c1-2-22-17(23-9-16-25-15(12-28-16)18(19,20)21)24-14-3-6-26(7-4-14)10-13-5-8-27-11-13;/h12-14H,2-11H2,1H3,(H2,22,23,24);1H. The van der Waals surface area contributed by atoms with E-state index in [1.807, 2.05) is 6.92 Å². The van der Waals surface area contributed by atoms with Crippen LogP contribution in [0.25, 0.3) is 0 Å². The highest BCUT2D eigenvalue weighted by Gasteiger charge is 2.33. The number of likely N-dealkylation sites (tertiary alicyclic amines) is 1. The summed E-state index contributed by atoms with van der Waals surface area (Å²) in [6.07, 6.45) is -1.21. The molecule has 166 valence electrons. The van der Waals surface area contributed by atoms with Crippen LogP contribution in [0.5, 0.6) is 0 Å². The van der Waals surface area contributed by atoms with Gasteiger partial charge in [0.1, 0.15) is 5.01 Å². The van der Waals surface area contributed by atoms with E-state index in [1.165, 1.54) is 0 Å². The molecule has 0 saturated carbocycles. The maximum absolute atomic E-state index is 12.7. The molecule has 0 aliphatic carbocycles. The SMILES string of the molecule is CCNC(=NCc1nc(C(F)(F)F)cs1)NC1CCN(CC2CCOC2)CC1.I. The second-order valence-corrected chi connectivity index (χ2v) is 8.21. The molecule has 1 aromatic rings. The minimum absolute atomic E-state index is 0. The summed E-state index contributed by atoms with van der Waals surface area (Å²) in [4.78, 5) is 10.5. The van der Waals surface area contributed by atoms with Crippen molar-refractivity contribution < 1.29 is 17.9 Å². The highest BCUT2D eigenvalue weighted by molar-refractivity contribution is 14.0. The van der Waals surface area contributed by atoms with Crippen LogP contribution in [-0.4, -0.2) is 61.3 Å². The molecule has 6 nitrogen and oxygen atoms in total. The van der Waals surface area contributed by atoms with E-state index in [1.54, 1.807) is 0 Å². The zero-order valence-corrected chi connectivity index (χ0v) is 19.7. The molecule has 3 heterocycles. The molecule has 2 N–H and O–H groups in total. The Bertz CT molecular complexity index is 644. The lowest BCUT2D eigenvalue weighted by Crippen LogP contribution is -2.49. The highest BCUT2D eigenvalue weighted by Crippen LogP contribution is 2.30. The fourth-order valence-corrected chi connectivity index (χ4v) is 4.25. The normalized spacial score (nSPS) is 21.8. The van der Waals surface area contributed by atoms with Crippen molar-refractivity contribution in [3.05, 3.63) is 16.1 Å². The molecule has 2 aliphatic rings. The first-order chi connectivity index (χ1) is 13.4. The van der Waals surface area contributed by atoms with Crippen LogP contribution >= 0.6 is 35.3 Å². The number of halogens is 4. The number of alkyl halides is 3. The highest BCUT2D eigenvalue weighted by atomic mass is 127. The molecule has 0 radical (unpaired) electrons. The molecule has 0 amide bonds. The summed E-state index contributed by atoms with van der Waals surface area (Å²) < 4.78 is 43.4. The number of hydrogen-bond donors (Lipinski definition) is 2. The second-order valence-electron chi connectivity index (χ2n) is 7.27. The van der Waals surface area contributed by atoms with Crippen LogP contribution in [0.2, 0.25) is 0 Å². The summed E-state index contributed by atoms with van der Waals surface area (Å²) in [5.74, 6) is 1.29. The quantitative estimate of drug-likeness (QED) is 0.325. The summed E-state index contributed by atoms with van der Waals surface area (Å²) in [6, 6.07) is 0.316. The van der Waals surface area contributed by atoms with Crippen LogP contribution in [0.1, 0.15) is 36.9 Å². The van der Waals surface area contributed by atoms with Crippen LogP contribution < -0.4 is 10.6 Å². The van der Waals surface area contributed by atoms with Gasteiger partial charge in [-0.25, -0.2) is 9.98 Å². The number of nitrogens with one attached hydrogen (secondary N) is 2. The zero-order valence-electron chi connectivity index (χ0n) is 16.5. The molecule has 2 saturated heterocycles. The van der Waals surface area contributed by atoms with Crippen LogP contribution in [0, 0.1) is 5.92 Å². The maximum atomic E-state index is 12.7. The third-order valence-electron chi connectivity index (χ3n) is 5.03. The van der Waals surface area contributed by atoms with Gasteiger partial charge in [0.2, 0.25) is 0 Å². The van der Waals surface area contributed by atoms with E-state index in [0.717, 1.165) is 68.8 Å². The first-order valence-electron chi connectivity index (χ1n) is 9.80. The van der Waals surface area contributed by atoms with Gasteiger partial charge in [0, 0.05) is 44.2 Å². The molecule has 1 aromatic heterocycles. The van der Waals surface area contributed by atoms with E-state index in [9.17, 15) is 13.2 Å². The average Bonchev–Trinajstić information content (AvgIpc) is 3.33. The third-order valence-corrected chi connectivity index (χ3v) is 5.86. The van der Waals surface area contributed by atoms with Gasteiger partial charge in [0.25, 0.3) is 0 Å². The Kier molecular flexibility index (Phi) is 9.89. The van der Waals surface area contributed by atoms with Crippen molar-refractivity contribution in [3.63, 3.8) is 0 Å². The Labute approximate surface area is 190 Å². The lowest BCUT2D eigenvalue weighted by molar-refractivity contribution is -0.140. The smallest absolute Gasteiger partial charge is 0.381 e. The topological polar surface area (TPSA) is 61.8 Å². The molecule has 0 aromatic carbocycles. The van der Waals surface area contributed by atoms with E-state index in [0.29, 0.717) is 29.5 Å².